The topological polar surface area (TPSA) is 37.4 Å². The summed E-state index contributed by atoms with van der Waals surface area (Å²) in [5.74, 6) is 0.440. The van der Waals surface area contributed by atoms with E-state index < -0.39 is 0 Å². The molecule has 90 valence electrons. The molecule has 0 aromatic rings. The molecule has 1 unspecified atom stereocenters. The van der Waals surface area contributed by atoms with Crippen LogP contribution in [0.25, 0.3) is 0 Å². The minimum absolute atomic E-state index is 0.166. The lowest BCUT2D eigenvalue weighted by Gasteiger charge is -2.44. The Morgan fingerprint density at radius 1 is 1.50 bits per heavy atom. The van der Waals surface area contributed by atoms with E-state index in [0.717, 1.165) is 32.2 Å². The monoisotopic (exact) mass is 223 g/mol. The van der Waals surface area contributed by atoms with Crippen LogP contribution in [0.4, 0.5) is 0 Å². The molecule has 0 N–H and O–H groups in total. The summed E-state index contributed by atoms with van der Waals surface area (Å²) in [6.45, 7) is 4.41. The summed E-state index contributed by atoms with van der Waals surface area (Å²) < 4.78 is 0. The maximum absolute atomic E-state index is 11.8. The number of likely N-dealkylation sites (tertiary alicyclic amines) is 1. The Hall–Kier alpha value is -0.700. The van der Waals surface area contributed by atoms with Gasteiger partial charge in [0.25, 0.3) is 0 Å². The van der Waals surface area contributed by atoms with Crippen molar-refractivity contribution < 1.29 is 9.59 Å². The molecule has 2 fully saturated rings. The number of fused-ring (bicyclic) bond motifs is 1. The van der Waals surface area contributed by atoms with Crippen LogP contribution in [0, 0.1) is 11.8 Å². The molecule has 3 atom stereocenters. The van der Waals surface area contributed by atoms with Crippen LogP contribution in [-0.2, 0) is 9.59 Å². The molecule has 0 aromatic heterocycles. The second kappa shape index (κ2) is 5.09. The zero-order valence-electron chi connectivity index (χ0n) is 10.0. The highest BCUT2D eigenvalue weighted by atomic mass is 16.1. The van der Waals surface area contributed by atoms with E-state index in [9.17, 15) is 9.59 Å². The van der Waals surface area contributed by atoms with Gasteiger partial charge >= 0.3 is 0 Å². The molecule has 0 bridgehead atoms. The van der Waals surface area contributed by atoms with Gasteiger partial charge in [0.1, 0.15) is 12.1 Å². The quantitative estimate of drug-likeness (QED) is 0.539. The lowest BCUT2D eigenvalue weighted by molar-refractivity contribution is -0.133. The molecule has 1 aliphatic carbocycles. The smallest absolute Gasteiger partial charge is 0.144 e. The normalized spacial score (nSPS) is 35.8. The van der Waals surface area contributed by atoms with Crippen LogP contribution in [0.1, 0.15) is 39.0 Å². The molecule has 0 radical (unpaired) electrons. The van der Waals surface area contributed by atoms with Crippen molar-refractivity contribution in [2.45, 2.75) is 45.1 Å². The highest BCUT2D eigenvalue weighted by Crippen LogP contribution is 2.35. The van der Waals surface area contributed by atoms with Gasteiger partial charge in [-0.15, -0.1) is 0 Å². The number of hydrogen-bond acceptors (Lipinski definition) is 3. The van der Waals surface area contributed by atoms with E-state index in [1.807, 2.05) is 0 Å². The van der Waals surface area contributed by atoms with Gasteiger partial charge in [-0.3, -0.25) is 9.69 Å². The average Bonchev–Trinajstić information content (AvgIpc) is 2.29. The third-order valence-corrected chi connectivity index (χ3v) is 4.09. The van der Waals surface area contributed by atoms with Gasteiger partial charge in [0, 0.05) is 12.5 Å². The lowest BCUT2D eigenvalue weighted by Crippen LogP contribution is -2.51. The van der Waals surface area contributed by atoms with Gasteiger partial charge in [-0.25, -0.2) is 0 Å². The molecule has 3 heteroatoms. The number of nitrogens with zero attached hydrogens (tertiary/aromatic N) is 1. The number of piperidine rings is 1. The number of Topliss-reactive ketones (excluding diaryl/α,β-unsaturated/α-hetero) is 1. The van der Waals surface area contributed by atoms with Crippen LogP contribution in [0.5, 0.6) is 0 Å². The summed E-state index contributed by atoms with van der Waals surface area (Å²) in [7, 11) is 0. The van der Waals surface area contributed by atoms with Gasteiger partial charge < -0.3 is 4.79 Å². The summed E-state index contributed by atoms with van der Waals surface area (Å²) in [5, 5.41) is 0. The van der Waals surface area contributed by atoms with Crippen LogP contribution in [0.3, 0.4) is 0 Å². The highest BCUT2D eigenvalue weighted by molar-refractivity contribution is 5.94. The van der Waals surface area contributed by atoms with Crippen molar-refractivity contribution >= 4 is 12.1 Å². The van der Waals surface area contributed by atoms with E-state index in [-0.39, 0.29) is 11.7 Å². The predicted octanol–water partition coefficient (Wildman–Crippen LogP) is 1.66. The minimum atomic E-state index is -0.303. The molecular formula is C13H21NO2. The van der Waals surface area contributed by atoms with E-state index in [4.69, 9.17) is 0 Å². The molecule has 1 heterocycles. The maximum Gasteiger partial charge on any atom is 0.144 e. The summed E-state index contributed by atoms with van der Waals surface area (Å²) >= 11 is 0. The van der Waals surface area contributed by atoms with Gasteiger partial charge in [-0.05, 0) is 44.7 Å². The second-order valence-electron chi connectivity index (χ2n) is 5.15. The Labute approximate surface area is 97.2 Å². The predicted molar refractivity (Wildman–Crippen MR) is 62.2 cm³/mol. The van der Waals surface area contributed by atoms with Crippen molar-refractivity contribution in [2.24, 2.45) is 11.8 Å². The summed E-state index contributed by atoms with van der Waals surface area (Å²) in [5.41, 5.74) is 0. The fourth-order valence-electron chi connectivity index (χ4n) is 3.30. The molecule has 3 nitrogen and oxygen atoms in total. The third kappa shape index (κ3) is 2.19. The second-order valence-corrected chi connectivity index (χ2v) is 5.15. The lowest BCUT2D eigenvalue weighted by atomic mass is 9.73. The Balaban J connectivity index is 2.05. The number of carbonyl (C=O) groups is 2. The molecule has 0 aromatic carbocycles. The van der Waals surface area contributed by atoms with Crippen molar-refractivity contribution in [3.63, 3.8) is 0 Å². The first-order chi connectivity index (χ1) is 7.76. The Kier molecular flexibility index (Phi) is 3.74. The Bertz CT molecular complexity index is 275. The fraction of sp³-hybridized carbons (Fsp3) is 0.846. The standard InChI is InChI=1S/C13H21NO2/c1-2-5-14-6-3-4-10-7-11(9-15)13(16)8-12(10)14/h9-12H,2-8H2,1H3/t10-,11?,12-/m1/s1. The largest absolute Gasteiger partial charge is 0.303 e. The van der Waals surface area contributed by atoms with Gasteiger partial charge in [-0.2, -0.15) is 0 Å². The van der Waals surface area contributed by atoms with Gasteiger partial charge in [0.05, 0.1) is 5.92 Å². The zero-order valence-corrected chi connectivity index (χ0v) is 10.0. The van der Waals surface area contributed by atoms with Gasteiger partial charge in [0.2, 0.25) is 0 Å². The van der Waals surface area contributed by atoms with Crippen LogP contribution >= 0.6 is 0 Å². The van der Waals surface area contributed by atoms with Crippen molar-refractivity contribution in [2.75, 3.05) is 13.1 Å². The van der Waals surface area contributed by atoms with E-state index in [0.29, 0.717) is 18.4 Å². The van der Waals surface area contributed by atoms with Crippen molar-refractivity contribution in [1.82, 2.24) is 4.90 Å². The molecule has 2 rings (SSSR count). The summed E-state index contributed by atoms with van der Waals surface area (Å²) in [6.07, 6.45) is 5.83. The first-order valence-corrected chi connectivity index (χ1v) is 6.48. The van der Waals surface area contributed by atoms with E-state index in [2.05, 4.69) is 11.8 Å². The van der Waals surface area contributed by atoms with Crippen molar-refractivity contribution in [3.05, 3.63) is 0 Å². The van der Waals surface area contributed by atoms with Crippen molar-refractivity contribution in [3.8, 4) is 0 Å². The SMILES string of the molecule is CCCN1CCC[C@@H]2CC(C=O)C(=O)C[C@H]21. The molecule has 1 saturated heterocycles. The third-order valence-electron chi connectivity index (χ3n) is 4.09. The molecule has 1 aliphatic heterocycles. The molecular weight excluding hydrogens is 202 g/mol. The number of rotatable bonds is 3. The fourth-order valence-corrected chi connectivity index (χ4v) is 3.30. The molecule has 0 spiro atoms. The number of aldehydes is 1. The van der Waals surface area contributed by atoms with E-state index in [1.54, 1.807) is 0 Å². The molecule has 0 amide bonds. The van der Waals surface area contributed by atoms with Gasteiger partial charge in [0.15, 0.2) is 0 Å². The van der Waals surface area contributed by atoms with Crippen molar-refractivity contribution in [1.29, 1.82) is 0 Å². The maximum atomic E-state index is 11.8. The zero-order chi connectivity index (χ0) is 11.5. The summed E-state index contributed by atoms with van der Waals surface area (Å²) in [4.78, 5) is 25.1. The minimum Gasteiger partial charge on any atom is -0.303 e. The molecule has 16 heavy (non-hydrogen) atoms. The van der Waals surface area contributed by atoms with Gasteiger partial charge in [-0.1, -0.05) is 6.92 Å². The molecule has 2 aliphatic rings. The van der Waals surface area contributed by atoms with E-state index in [1.165, 1.54) is 12.8 Å². The van der Waals surface area contributed by atoms with E-state index >= 15 is 0 Å². The number of hydrogen-bond donors (Lipinski definition) is 0. The Morgan fingerprint density at radius 3 is 3.00 bits per heavy atom. The number of carbonyl (C=O) groups excluding carboxylic acids is 2. The van der Waals surface area contributed by atoms with Crippen LogP contribution in [-0.4, -0.2) is 36.1 Å². The van der Waals surface area contributed by atoms with Crippen LogP contribution < -0.4 is 0 Å². The molecule has 1 saturated carbocycles. The van der Waals surface area contributed by atoms with Crippen LogP contribution in [0.15, 0.2) is 0 Å². The highest BCUT2D eigenvalue weighted by Gasteiger charge is 2.40. The Morgan fingerprint density at radius 2 is 2.31 bits per heavy atom. The summed E-state index contributed by atoms with van der Waals surface area (Å²) in [6, 6.07) is 0.428. The first-order valence-electron chi connectivity index (χ1n) is 6.48. The van der Waals surface area contributed by atoms with Crippen LogP contribution in [0.2, 0.25) is 0 Å². The number of ketones is 1. The average molecular weight is 223 g/mol. The first kappa shape index (κ1) is 11.8.